The molecule has 0 saturated heterocycles. The molecule has 0 unspecified atom stereocenters. The van der Waals surface area contributed by atoms with Gasteiger partial charge < -0.3 is 10.1 Å². The van der Waals surface area contributed by atoms with Crippen molar-refractivity contribution in [3.63, 3.8) is 0 Å². The van der Waals surface area contributed by atoms with E-state index in [9.17, 15) is 5.26 Å². The first-order valence-electron chi connectivity index (χ1n) is 8.42. The molecule has 1 aliphatic heterocycles. The molecule has 1 aliphatic rings. The van der Waals surface area contributed by atoms with Crippen LogP contribution in [0.1, 0.15) is 11.1 Å². The number of nitriles is 3. The molecule has 0 aromatic heterocycles. The van der Waals surface area contributed by atoms with Crippen molar-refractivity contribution in [2.24, 2.45) is 5.92 Å². The quantitative estimate of drug-likeness (QED) is 0.633. The maximum atomic E-state index is 9.64. The van der Waals surface area contributed by atoms with Crippen molar-refractivity contribution >= 4 is 17.2 Å². The van der Waals surface area contributed by atoms with E-state index in [0.717, 1.165) is 11.1 Å². The molecule has 28 heavy (non-hydrogen) atoms. The third kappa shape index (κ3) is 3.73. The van der Waals surface area contributed by atoms with Gasteiger partial charge in [-0.2, -0.15) is 15.8 Å². The van der Waals surface area contributed by atoms with Gasteiger partial charge in [-0.3, -0.25) is 0 Å². The van der Waals surface area contributed by atoms with E-state index in [4.69, 9.17) is 20.7 Å². The highest BCUT2D eigenvalue weighted by molar-refractivity contribution is 6.07. The van der Waals surface area contributed by atoms with Crippen molar-refractivity contribution in [3.05, 3.63) is 95.1 Å². The Hall–Kier alpha value is -4.40. The summed E-state index contributed by atoms with van der Waals surface area (Å²) < 4.78 is 6.05. The number of nitrogens with one attached hydrogen (secondary N) is 1. The van der Waals surface area contributed by atoms with Gasteiger partial charge in [0.1, 0.15) is 17.6 Å². The monoisotopic (exact) mass is 362 g/mol. The predicted molar refractivity (Wildman–Crippen MR) is 105 cm³/mol. The first-order valence-corrected chi connectivity index (χ1v) is 8.42. The highest BCUT2D eigenvalue weighted by Crippen LogP contribution is 2.33. The molecule has 1 heterocycles. The number of hydrogen-bond acceptors (Lipinski definition) is 5. The van der Waals surface area contributed by atoms with E-state index in [2.05, 4.69) is 0 Å². The van der Waals surface area contributed by atoms with E-state index in [0.29, 0.717) is 17.1 Å². The number of benzene rings is 2. The Kier molecular flexibility index (Phi) is 5.47. The zero-order valence-electron chi connectivity index (χ0n) is 14.8. The van der Waals surface area contributed by atoms with Gasteiger partial charge in [-0.15, -0.1) is 0 Å². The fourth-order valence-corrected chi connectivity index (χ4v) is 2.72. The van der Waals surface area contributed by atoms with Gasteiger partial charge >= 0.3 is 0 Å². The van der Waals surface area contributed by atoms with Crippen LogP contribution in [0.5, 0.6) is 0 Å². The van der Waals surface area contributed by atoms with Crippen molar-refractivity contribution in [2.75, 3.05) is 0 Å². The summed E-state index contributed by atoms with van der Waals surface area (Å²) >= 11 is 0. The van der Waals surface area contributed by atoms with Crippen molar-refractivity contribution in [2.45, 2.75) is 0 Å². The van der Waals surface area contributed by atoms with Crippen LogP contribution >= 0.6 is 0 Å². The summed E-state index contributed by atoms with van der Waals surface area (Å²) in [4.78, 5) is 0. The van der Waals surface area contributed by atoms with Crippen LogP contribution in [0.25, 0.3) is 11.5 Å². The fourth-order valence-electron chi connectivity index (χ4n) is 2.72. The van der Waals surface area contributed by atoms with E-state index < -0.39 is 5.92 Å². The van der Waals surface area contributed by atoms with Crippen LogP contribution in [0, 0.1) is 45.3 Å². The summed E-state index contributed by atoms with van der Waals surface area (Å²) in [7, 11) is 0. The Bertz CT molecular complexity index is 1050. The van der Waals surface area contributed by atoms with Gasteiger partial charge in [-0.25, -0.2) is 0 Å². The molecule has 5 nitrogen and oxygen atoms in total. The van der Waals surface area contributed by atoms with Gasteiger partial charge in [0.25, 0.3) is 0 Å². The molecule has 0 bridgehead atoms. The van der Waals surface area contributed by atoms with Crippen LogP contribution in [0.2, 0.25) is 0 Å². The normalized spacial score (nSPS) is 12.6. The van der Waals surface area contributed by atoms with E-state index in [1.165, 1.54) is 0 Å². The summed E-state index contributed by atoms with van der Waals surface area (Å²) in [5, 5.41) is 36.0. The summed E-state index contributed by atoms with van der Waals surface area (Å²) in [6, 6.07) is 24.2. The molecule has 0 atom stereocenters. The lowest BCUT2D eigenvalue weighted by molar-refractivity contribution is 0.467. The minimum Gasteiger partial charge on any atom is -0.456 e. The third-order valence-corrected chi connectivity index (χ3v) is 4.13. The lowest BCUT2D eigenvalue weighted by Crippen LogP contribution is -2.14. The van der Waals surface area contributed by atoms with Crippen LogP contribution in [0.15, 0.2) is 84.0 Å². The van der Waals surface area contributed by atoms with Crippen LogP contribution in [0.3, 0.4) is 0 Å². The van der Waals surface area contributed by atoms with Gasteiger partial charge in [0.15, 0.2) is 5.92 Å². The number of hydrogen-bond donors (Lipinski definition) is 1. The second kappa shape index (κ2) is 8.32. The van der Waals surface area contributed by atoms with Gasteiger partial charge in [-0.1, -0.05) is 60.7 Å². The topological polar surface area (TPSA) is 104 Å². The number of nitrogens with zero attached hydrogens (tertiary/aromatic N) is 3. The molecule has 5 heteroatoms. The van der Waals surface area contributed by atoms with Crippen LogP contribution in [0.4, 0.5) is 0 Å². The molecule has 0 aliphatic carbocycles. The third-order valence-electron chi connectivity index (χ3n) is 4.13. The van der Waals surface area contributed by atoms with Crippen molar-refractivity contribution in [3.8, 4) is 18.2 Å². The molecule has 0 radical (unpaired) electrons. The second-order valence-corrected chi connectivity index (χ2v) is 5.90. The highest BCUT2D eigenvalue weighted by atomic mass is 16.5. The average Bonchev–Trinajstić information content (AvgIpc) is 2.76. The summed E-state index contributed by atoms with van der Waals surface area (Å²) in [5.41, 5.74) is 1.69. The number of rotatable bonds is 4. The summed E-state index contributed by atoms with van der Waals surface area (Å²) in [6.45, 7) is 0. The Morgan fingerprint density at radius 3 is 1.64 bits per heavy atom. The molecule has 2 aromatic carbocycles. The smallest absolute Gasteiger partial charge is 0.175 e. The molecule has 132 valence electrons. The van der Waals surface area contributed by atoms with Gasteiger partial charge in [0.2, 0.25) is 0 Å². The van der Waals surface area contributed by atoms with Crippen molar-refractivity contribution < 1.29 is 4.74 Å². The van der Waals surface area contributed by atoms with Crippen LogP contribution in [-0.2, 0) is 4.74 Å². The first-order chi connectivity index (χ1) is 13.7. The fraction of sp³-hybridized carbons (Fsp3) is 0.0435. The Morgan fingerprint density at radius 2 is 1.25 bits per heavy atom. The molecule has 2 aromatic rings. The molecule has 0 saturated carbocycles. The Balaban J connectivity index is 2.18. The Morgan fingerprint density at radius 1 is 0.786 bits per heavy atom. The van der Waals surface area contributed by atoms with E-state index >= 15 is 0 Å². The maximum Gasteiger partial charge on any atom is 0.175 e. The predicted octanol–water partition coefficient (Wildman–Crippen LogP) is 4.60. The standard InChI is InChI=1S/C23H14N4O/c24-13-19(14-25)23(27)20(15-26)18-11-21(16-7-3-1-4-8-16)28-22(12-18)17-9-5-2-6-10-17/h1-12,19,27H. The molecule has 0 amide bonds. The number of ether oxygens (including phenoxy) is 1. The largest absolute Gasteiger partial charge is 0.456 e. The SMILES string of the molecule is N#CC(C(=N)C(C#N)C#N)=C1C=C(c2ccccc2)OC(c2ccccc2)=C1. The molecular weight excluding hydrogens is 348 g/mol. The molecule has 0 spiro atoms. The molecular formula is C23H14N4O. The van der Waals surface area contributed by atoms with Gasteiger partial charge in [0.05, 0.1) is 23.4 Å². The van der Waals surface area contributed by atoms with E-state index in [-0.39, 0.29) is 11.3 Å². The Labute approximate surface area is 162 Å². The van der Waals surface area contributed by atoms with Crippen molar-refractivity contribution in [1.82, 2.24) is 0 Å². The lowest BCUT2D eigenvalue weighted by atomic mass is 9.93. The zero-order chi connectivity index (χ0) is 19.9. The lowest BCUT2D eigenvalue weighted by Gasteiger charge is -2.20. The highest BCUT2D eigenvalue weighted by Gasteiger charge is 2.23. The van der Waals surface area contributed by atoms with Gasteiger partial charge in [-0.05, 0) is 12.2 Å². The van der Waals surface area contributed by atoms with Crippen LogP contribution < -0.4 is 0 Å². The molecule has 1 N–H and O–H groups in total. The first kappa shape index (κ1) is 18.4. The van der Waals surface area contributed by atoms with E-state index in [1.54, 1.807) is 24.3 Å². The number of allylic oxidation sites excluding steroid dienone is 4. The molecule has 3 rings (SSSR count). The van der Waals surface area contributed by atoms with Crippen LogP contribution in [-0.4, -0.2) is 5.71 Å². The zero-order valence-corrected chi connectivity index (χ0v) is 14.8. The van der Waals surface area contributed by atoms with Crippen molar-refractivity contribution in [1.29, 1.82) is 21.2 Å². The molecule has 0 fully saturated rings. The van der Waals surface area contributed by atoms with Gasteiger partial charge in [0, 0.05) is 16.7 Å². The summed E-state index contributed by atoms with van der Waals surface area (Å²) in [6.07, 6.45) is 3.31. The maximum absolute atomic E-state index is 9.64. The van der Waals surface area contributed by atoms with E-state index in [1.807, 2.05) is 66.7 Å². The second-order valence-electron chi connectivity index (χ2n) is 5.90. The summed E-state index contributed by atoms with van der Waals surface area (Å²) in [5.74, 6) is -0.280. The minimum absolute atomic E-state index is 0.0294. The minimum atomic E-state index is -1.31. The average molecular weight is 362 g/mol.